The molecule has 0 saturated heterocycles. The molecule has 14 heavy (non-hydrogen) atoms. The number of nitrogens with one attached hydrogen (secondary N) is 1. The molecule has 1 N–H and O–H groups in total. The standard InChI is InChI=1S/C10H13BrFNO/c1-14-10-3-2-8(6-9(10)12)4-5-13-7-11/h2-3,6,13H,4-5,7H2,1H3. The van der Waals surface area contributed by atoms with Crippen LogP contribution in [0.4, 0.5) is 4.39 Å². The zero-order chi connectivity index (χ0) is 10.4. The van der Waals surface area contributed by atoms with Crippen LogP contribution < -0.4 is 10.1 Å². The average Bonchev–Trinajstić information content (AvgIpc) is 2.18. The number of ether oxygens (including phenoxy) is 1. The van der Waals surface area contributed by atoms with Gasteiger partial charge in [-0.05, 0) is 30.7 Å². The molecule has 0 radical (unpaired) electrons. The first-order valence-electron chi connectivity index (χ1n) is 4.37. The zero-order valence-corrected chi connectivity index (χ0v) is 9.60. The molecule has 0 aromatic heterocycles. The molecule has 1 aromatic carbocycles. The Bertz CT molecular complexity index is 293. The minimum absolute atomic E-state index is 0.294. The predicted molar refractivity (Wildman–Crippen MR) is 58.5 cm³/mol. The van der Waals surface area contributed by atoms with E-state index in [-0.39, 0.29) is 5.82 Å². The Morgan fingerprint density at radius 1 is 1.50 bits per heavy atom. The maximum Gasteiger partial charge on any atom is 0.165 e. The van der Waals surface area contributed by atoms with Crippen LogP contribution in [0, 0.1) is 5.82 Å². The molecule has 0 bridgehead atoms. The largest absolute Gasteiger partial charge is 0.494 e. The van der Waals surface area contributed by atoms with Gasteiger partial charge in [0.15, 0.2) is 11.6 Å². The van der Waals surface area contributed by atoms with Gasteiger partial charge in [-0.2, -0.15) is 0 Å². The quantitative estimate of drug-likeness (QED) is 0.499. The molecule has 0 amide bonds. The van der Waals surface area contributed by atoms with Crippen molar-refractivity contribution in [2.24, 2.45) is 0 Å². The SMILES string of the molecule is COc1ccc(CCNCBr)cc1F. The molecule has 0 aliphatic carbocycles. The number of alkyl halides is 1. The van der Waals surface area contributed by atoms with Gasteiger partial charge in [-0.1, -0.05) is 22.0 Å². The second-order valence-corrected chi connectivity index (χ2v) is 3.41. The lowest BCUT2D eigenvalue weighted by Crippen LogP contribution is -2.14. The summed E-state index contributed by atoms with van der Waals surface area (Å²) in [5.74, 6) is -0.00829. The fourth-order valence-electron chi connectivity index (χ4n) is 1.16. The highest BCUT2D eigenvalue weighted by Gasteiger charge is 2.02. The molecule has 0 spiro atoms. The van der Waals surface area contributed by atoms with Gasteiger partial charge in [-0.3, -0.25) is 0 Å². The number of benzene rings is 1. The highest BCUT2D eigenvalue weighted by molar-refractivity contribution is 9.09. The molecule has 0 heterocycles. The Labute approximate surface area is 91.6 Å². The van der Waals surface area contributed by atoms with Gasteiger partial charge in [-0.15, -0.1) is 0 Å². The van der Waals surface area contributed by atoms with Crippen molar-refractivity contribution in [3.63, 3.8) is 0 Å². The molecule has 1 aromatic rings. The third-order valence-electron chi connectivity index (χ3n) is 1.90. The Kier molecular flexibility index (Phi) is 4.90. The van der Waals surface area contributed by atoms with Crippen LogP contribution in [0.25, 0.3) is 0 Å². The molecular weight excluding hydrogens is 249 g/mol. The summed E-state index contributed by atoms with van der Waals surface area (Å²) in [5.41, 5.74) is 1.72. The van der Waals surface area contributed by atoms with Crippen molar-refractivity contribution in [2.45, 2.75) is 6.42 Å². The maximum atomic E-state index is 13.2. The summed E-state index contributed by atoms with van der Waals surface area (Å²) < 4.78 is 18.0. The first-order valence-corrected chi connectivity index (χ1v) is 5.49. The van der Waals surface area contributed by atoms with E-state index in [1.165, 1.54) is 13.2 Å². The average molecular weight is 262 g/mol. The van der Waals surface area contributed by atoms with E-state index in [1.807, 2.05) is 6.07 Å². The van der Waals surface area contributed by atoms with E-state index in [9.17, 15) is 4.39 Å². The first kappa shape index (κ1) is 11.5. The van der Waals surface area contributed by atoms with Crippen molar-refractivity contribution >= 4 is 15.9 Å². The Morgan fingerprint density at radius 3 is 2.86 bits per heavy atom. The molecule has 0 aliphatic rings. The Balaban J connectivity index is 2.57. The molecule has 0 unspecified atom stereocenters. The molecule has 78 valence electrons. The third-order valence-corrected chi connectivity index (χ3v) is 2.30. The van der Waals surface area contributed by atoms with Crippen molar-refractivity contribution in [1.82, 2.24) is 5.32 Å². The molecule has 1 rings (SSSR count). The fraction of sp³-hybridized carbons (Fsp3) is 0.400. The van der Waals surface area contributed by atoms with E-state index >= 15 is 0 Å². The minimum atomic E-state index is -0.302. The van der Waals surface area contributed by atoms with Gasteiger partial charge in [0.25, 0.3) is 0 Å². The van der Waals surface area contributed by atoms with Crippen LogP contribution in [-0.4, -0.2) is 19.1 Å². The lowest BCUT2D eigenvalue weighted by molar-refractivity contribution is 0.386. The van der Waals surface area contributed by atoms with Crippen molar-refractivity contribution in [3.8, 4) is 5.75 Å². The van der Waals surface area contributed by atoms with Gasteiger partial charge in [0.2, 0.25) is 0 Å². The van der Waals surface area contributed by atoms with Crippen LogP contribution in [0.1, 0.15) is 5.56 Å². The van der Waals surface area contributed by atoms with Crippen LogP contribution in [0.15, 0.2) is 18.2 Å². The van der Waals surface area contributed by atoms with Gasteiger partial charge in [0.1, 0.15) is 0 Å². The first-order chi connectivity index (χ1) is 6.77. The van der Waals surface area contributed by atoms with Crippen LogP contribution in [-0.2, 0) is 6.42 Å². The highest BCUT2D eigenvalue weighted by atomic mass is 79.9. The second-order valence-electron chi connectivity index (χ2n) is 2.85. The lowest BCUT2D eigenvalue weighted by Gasteiger charge is -2.05. The normalized spacial score (nSPS) is 10.2. The number of hydrogen-bond acceptors (Lipinski definition) is 2. The van der Waals surface area contributed by atoms with E-state index < -0.39 is 0 Å². The van der Waals surface area contributed by atoms with Crippen LogP contribution in [0.5, 0.6) is 5.75 Å². The van der Waals surface area contributed by atoms with Gasteiger partial charge in [-0.25, -0.2) is 4.39 Å². The van der Waals surface area contributed by atoms with E-state index in [1.54, 1.807) is 6.07 Å². The number of rotatable bonds is 5. The monoisotopic (exact) mass is 261 g/mol. The van der Waals surface area contributed by atoms with Crippen molar-refractivity contribution < 1.29 is 9.13 Å². The third kappa shape index (κ3) is 3.27. The summed E-state index contributed by atoms with van der Waals surface area (Å²) in [6.45, 7) is 0.830. The molecule has 0 aliphatic heterocycles. The summed E-state index contributed by atoms with van der Waals surface area (Å²) in [6.07, 6.45) is 0.812. The lowest BCUT2D eigenvalue weighted by atomic mass is 10.1. The fourth-order valence-corrected chi connectivity index (χ4v) is 1.45. The Morgan fingerprint density at radius 2 is 2.29 bits per heavy atom. The van der Waals surface area contributed by atoms with Crippen LogP contribution >= 0.6 is 15.9 Å². The van der Waals surface area contributed by atoms with Crippen molar-refractivity contribution in [3.05, 3.63) is 29.6 Å². The van der Waals surface area contributed by atoms with Gasteiger partial charge < -0.3 is 10.1 Å². The summed E-state index contributed by atoms with van der Waals surface area (Å²) in [6, 6.07) is 5.03. The topological polar surface area (TPSA) is 21.3 Å². The second kappa shape index (κ2) is 5.98. The van der Waals surface area contributed by atoms with Gasteiger partial charge in [0.05, 0.1) is 12.6 Å². The number of methoxy groups -OCH3 is 1. The summed E-state index contributed by atoms with van der Waals surface area (Å²) in [7, 11) is 1.46. The van der Waals surface area contributed by atoms with E-state index in [0.717, 1.165) is 24.0 Å². The van der Waals surface area contributed by atoms with E-state index in [2.05, 4.69) is 21.2 Å². The Hall–Kier alpha value is -0.610. The number of halogens is 2. The van der Waals surface area contributed by atoms with Gasteiger partial charge >= 0.3 is 0 Å². The summed E-state index contributed by atoms with van der Waals surface area (Å²) in [4.78, 5) is 0. The maximum absolute atomic E-state index is 13.2. The van der Waals surface area contributed by atoms with E-state index in [4.69, 9.17) is 4.74 Å². The summed E-state index contributed by atoms with van der Waals surface area (Å²) in [5, 5.41) is 3.11. The highest BCUT2D eigenvalue weighted by Crippen LogP contribution is 2.17. The summed E-state index contributed by atoms with van der Waals surface area (Å²) >= 11 is 3.26. The molecule has 0 saturated carbocycles. The molecule has 4 heteroatoms. The molecular formula is C10H13BrFNO. The van der Waals surface area contributed by atoms with Gasteiger partial charge in [0, 0.05) is 0 Å². The van der Waals surface area contributed by atoms with Crippen LogP contribution in [0.3, 0.4) is 0 Å². The molecule has 0 atom stereocenters. The van der Waals surface area contributed by atoms with Crippen LogP contribution in [0.2, 0.25) is 0 Å². The van der Waals surface area contributed by atoms with Crippen molar-refractivity contribution in [2.75, 3.05) is 19.1 Å². The van der Waals surface area contributed by atoms with E-state index in [0.29, 0.717) is 5.75 Å². The molecule has 2 nitrogen and oxygen atoms in total. The minimum Gasteiger partial charge on any atom is -0.494 e. The number of hydrogen-bond donors (Lipinski definition) is 1. The molecule has 0 fully saturated rings. The predicted octanol–water partition coefficient (Wildman–Crippen LogP) is 2.32. The zero-order valence-electron chi connectivity index (χ0n) is 8.02. The van der Waals surface area contributed by atoms with Crippen molar-refractivity contribution in [1.29, 1.82) is 0 Å². The smallest absolute Gasteiger partial charge is 0.165 e.